The Balaban J connectivity index is 2.23. The van der Waals surface area contributed by atoms with E-state index < -0.39 is 0 Å². The molecule has 0 spiro atoms. The third-order valence-electron chi connectivity index (χ3n) is 3.19. The quantitative estimate of drug-likeness (QED) is 0.879. The summed E-state index contributed by atoms with van der Waals surface area (Å²) in [6.45, 7) is 7.33. The molecule has 2 rings (SSSR count). The Hall–Kier alpha value is -1.26. The van der Waals surface area contributed by atoms with Crippen LogP contribution >= 0.6 is 11.3 Å². The predicted octanol–water partition coefficient (Wildman–Crippen LogP) is 3.30. The topological polar surface area (TPSA) is 37.8 Å². The Kier molecular flexibility index (Phi) is 5.05. The second-order valence-corrected chi connectivity index (χ2v) is 5.57. The first-order valence-electron chi connectivity index (χ1n) is 6.81. The van der Waals surface area contributed by atoms with E-state index in [1.807, 2.05) is 19.3 Å². The van der Waals surface area contributed by atoms with Crippen LogP contribution in [-0.2, 0) is 12.8 Å². The number of thiazole rings is 1. The Bertz CT molecular complexity index is 522. The van der Waals surface area contributed by atoms with E-state index >= 15 is 0 Å². The van der Waals surface area contributed by atoms with Crippen molar-refractivity contribution in [2.24, 2.45) is 0 Å². The van der Waals surface area contributed by atoms with E-state index in [4.69, 9.17) is 0 Å². The summed E-state index contributed by atoms with van der Waals surface area (Å²) < 4.78 is 0. The van der Waals surface area contributed by atoms with Crippen molar-refractivity contribution < 1.29 is 0 Å². The molecule has 0 amide bonds. The fraction of sp³-hybridized carbons (Fsp3) is 0.467. The molecule has 102 valence electrons. The number of hydrogen-bond donors (Lipinski definition) is 1. The summed E-state index contributed by atoms with van der Waals surface area (Å²) in [5.41, 5.74) is 3.79. The smallest absolute Gasteiger partial charge is 0.0947 e. The average molecular weight is 275 g/mol. The molecule has 0 aliphatic carbocycles. The number of likely N-dealkylation sites (N-methyl/N-ethyl adjacent to an activating group) is 1. The molecular formula is C15H21N3S. The van der Waals surface area contributed by atoms with Crippen LogP contribution in [0, 0.1) is 6.92 Å². The van der Waals surface area contributed by atoms with Gasteiger partial charge in [0.2, 0.25) is 0 Å². The molecule has 1 N–H and O–H groups in total. The zero-order valence-electron chi connectivity index (χ0n) is 11.8. The lowest BCUT2D eigenvalue weighted by molar-refractivity contribution is 0.543. The van der Waals surface area contributed by atoms with E-state index in [-0.39, 0.29) is 0 Å². The van der Waals surface area contributed by atoms with E-state index in [0.717, 1.165) is 25.1 Å². The van der Waals surface area contributed by atoms with Gasteiger partial charge in [-0.05, 0) is 37.1 Å². The van der Waals surface area contributed by atoms with Crippen LogP contribution in [-0.4, -0.2) is 16.5 Å². The summed E-state index contributed by atoms with van der Waals surface area (Å²) in [6.07, 6.45) is 5.82. The Labute approximate surface area is 119 Å². The molecule has 0 aliphatic rings. The number of rotatable bonds is 6. The molecule has 3 nitrogen and oxygen atoms in total. The van der Waals surface area contributed by atoms with Gasteiger partial charge < -0.3 is 5.32 Å². The summed E-state index contributed by atoms with van der Waals surface area (Å²) in [5, 5.41) is 6.88. The van der Waals surface area contributed by atoms with Gasteiger partial charge in [-0.25, -0.2) is 4.98 Å². The molecule has 0 radical (unpaired) electrons. The van der Waals surface area contributed by atoms with Crippen LogP contribution in [0.1, 0.15) is 41.7 Å². The number of aryl methyl sites for hydroxylation is 2. The minimum atomic E-state index is 0.327. The van der Waals surface area contributed by atoms with Crippen LogP contribution in [0.3, 0.4) is 0 Å². The molecule has 2 aromatic rings. The lowest BCUT2D eigenvalue weighted by atomic mass is 9.98. The Morgan fingerprint density at radius 2 is 2.21 bits per heavy atom. The lowest BCUT2D eigenvalue weighted by Gasteiger charge is -2.19. The van der Waals surface area contributed by atoms with Crippen LogP contribution in [0.15, 0.2) is 23.8 Å². The average Bonchev–Trinajstić information content (AvgIpc) is 2.84. The van der Waals surface area contributed by atoms with Crippen LogP contribution in [0.4, 0.5) is 0 Å². The molecule has 0 fully saturated rings. The van der Waals surface area contributed by atoms with Gasteiger partial charge in [-0.2, -0.15) is 0 Å². The number of pyridine rings is 1. The van der Waals surface area contributed by atoms with Gasteiger partial charge in [-0.1, -0.05) is 13.8 Å². The SMILES string of the molecule is CCNC(Cc1nc(C)cs1)c1ccncc1CC. The van der Waals surface area contributed by atoms with Gasteiger partial charge in [0.25, 0.3) is 0 Å². The van der Waals surface area contributed by atoms with Crippen LogP contribution in [0.2, 0.25) is 0 Å². The summed E-state index contributed by atoms with van der Waals surface area (Å²) >= 11 is 1.75. The van der Waals surface area contributed by atoms with Gasteiger partial charge in [-0.15, -0.1) is 11.3 Å². The third kappa shape index (κ3) is 3.61. The third-order valence-corrected chi connectivity index (χ3v) is 4.18. The molecule has 0 bridgehead atoms. The van der Waals surface area contributed by atoms with Gasteiger partial charge in [0.05, 0.1) is 5.01 Å². The van der Waals surface area contributed by atoms with Gasteiger partial charge >= 0.3 is 0 Å². The molecule has 1 atom stereocenters. The first-order chi connectivity index (χ1) is 9.24. The number of aromatic nitrogens is 2. The molecule has 2 heterocycles. The standard InChI is InChI=1S/C15H21N3S/c1-4-12-9-16-7-6-13(12)14(17-5-2)8-15-18-11(3)10-19-15/h6-7,9-10,14,17H,4-5,8H2,1-3H3. The van der Waals surface area contributed by atoms with Crippen LogP contribution in [0.25, 0.3) is 0 Å². The second-order valence-electron chi connectivity index (χ2n) is 4.63. The zero-order valence-corrected chi connectivity index (χ0v) is 12.6. The maximum atomic E-state index is 4.58. The van der Waals surface area contributed by atoms with Gasteiger partial charge in [0.15, 0.2) is 0 Å². The number of nitrogens with zero attached hydrogens (tertiary/aromatic N) is 2. The van der Waals surface area contributed by atoms with Crippen molar-refractivity contribution in [3.8, 4) is 0 Å². The highest BCUT2D eigenvalue weighted by atomic mass is 32.1. The van der Waals surface area contributed by atoms with Crippen molar-refractivity contribution in [2.75, 3.05) is 6.54 Å². The first-order valence-corrected chi connectivity index (χ1v) is 7.69. The van der Waals surface area contributed by atoms with Gasteiger partial charge in [0.1, 0.15) is 0 Å². The highest BCUT2D eigenvalue weighted by Crippen LogP contribution is 2.23. The summed E-state index contributed by atoms with van der Waals surface area (Å²) in [6, 6.07) is 2.46. The Morgan fingerprint density at radius 1 is 1.37 bits per heavy atom. The fourth-order valence-corrected chi connectivity index (χ4v) is 3.10. The molecule has 19 heavy (non-hydrogen) atoms. The fourth-order valence-electron chi connectivity index (χ4n) is 2.28. The first kappa shape index (κ1) is 14.2. The highest BCUT2D eigenvalue weighted by Gasteiger charge is 2.16. The van der Waals surface area contributed by atoms with E-state index in [2.05, 4.69) is 40.6 Å². The normalized spacial score (nSPS) is 12.6. The summed E-state index contributed by atoms with van der Waals surface area (Å²) in [4.78, 5) is 8.81. The van der Waals surface area contributed by atoms with Crippen LogP contribution in [0.5, 0.6) is 0 Å². The molecule has 0 aliphatic heterocycles. The molecule has 0 aromatic carbocycles. The predicted molar refractivity (Wildman–Crippen MR) is 80.6 cm³/mol. The zero-order chi connectivity index (χ0) is 13.7. The Morgan fingerprint density at radius 3 is 2.84 bits per heavy atom. The lowest BCUT2D eigenvalue weighted by Crippen LogP contribution is -2.24. The number of nitrogens with one attached hydrogen (secondary N) is 1. The number of hydrogen-bond acceptors (Lipinski definition) is 4. The summed E-state index contributed by atoms with van der Waals surface area (Å²) in [5.74, 6) is 0. The molecular weight excluding hydrogens is 254 g/mol. The largest absolute Gasteiger partial charge is 0.310 e. The monoisotopic (exact) mass is 275 g/mol. The highest BCUT2D eigenvalue weighted by molar-refractivity contribution is 7.09. The molecule has 4 heteroatoms. The van der Waals surface area contributed by atoms with Crippen LogP contribution < -0.4 is 5.32 Å². The summed E-state index contributed by atoms with van der Waals surface area (Å²) in [7, 11) is 0. The van der Waals surface area contributed by atoms with Crippen molar-refractivity contribution in [2.45, 2.75) is 39.7 Å². The molecule has 1 unspecified atom stereocenters. The van der Waals surface area contributed by atoms with Crippen molar-refractivity contribution in [3.05, 3.63) is 45.7 Å². The molecule has 2 aromatic heterocycles. The van der Waals surface area contributed by atoms with Crippen molar-refractivity contribution >= 4 is 11.3 Å². The van der Waals surface area contributed by atoms with Crippen molar-refractivity contribution in [3.63, 3.8) is 0 Å². The van der Waals surface area contributed by atoms with Crippen molar-refractivity contribution in [1.29, 1.82) is 0 Å². The van der Waals surface area contributed by atoms with E-state index in [1.165, 1.54) is 16.1 Å². The van der Waals surface area contributed by atoms with E-state index in [0.29, 0.717) is 6.04 Å². The maximum absolute atomic E-state index is 4.58. The minimum Gasteiger partial charge on any atom is -0.310 e. The molecule has 0 saturated carbocycles. The molecule has 0 saturated heterocycles. The van der Waals surface area contributed by atoms with Gasteiger partial charge in [-0.3, -0.25) is 4.98 Å². The van der Waals surface area contributed by atoms with Crippen molar-refractivity contribution in [1.82, 2.24) is 15.3 Å². The van der Waals surface area contributed by atoms with Gasteiger partial charge in [0, 0.05) is 35.9 Å². The second kappa shape index (κ2) is 6.78. The minimum absolute atomic E-state index is 0.327. The maximum Gasteiger partial charge on any atom is 0.0947 e. The van der Waals surface area contributed by atoms with E-state index in [9.17, 15) is 0 Å². The van der Waals surface area contributed by atoms with E-state index in [1.54, 1.807) is 11.3 Å².